The van der Waals surface area contributed by atoms with Crippen LogP contribution in [0.1, 0.15) is 23.0 Å². The summed E-state index contributed by atoms with van der Waals surface area (Å²) in [5.74, 6) is -0.375. The molecule has 1 heterocycles. The standard InChI is InChI=1S/C13H14N2O2/c1-3-17-13(16)12-10(2)9-15(14-12)11-7-5-4-6-8-11/h4-9H,3H2,1-2H3. The zero-order valence-electron chi connectivity index (χ0n) is 9.88. The second-order valence-electron chi connectivity index (χ2n) is 3.66. The third kappa shape index (κ3) is 2.36. The molecule has 0 aliphatic carbocycles. The van der Waals surface area contributed by atoms with E-state index in [9.17, 15) is 4.79 Å². The lowest BCUT2D eigenvalue weighted by Gasteiger charge is -2.00. The van der Waals surface area contributed by atoms with Crippen molar-refractivity contribution in [2.24, 2.45) is 0 Å². The predicted octanol–water partition coefficient (Wildman–Crippen LogP) is 2.36. The van der Waals surface area contributed by atoms with Gasteiger partial charge in [-0.15, -0.1) is 0 Å². The Labute approximate surface area is 99.8 Å². The van der Waals surface area contributed by atoms with Crippen molar-refractivity contribution in [1.82, 2.24) is 9.78 Å². The molecule has 0 saturated heterocycles. The average molecular weight is 230 g/mol. The maximum atomic E-state index is 11.6. The number of hydrogen-bond acceptors (Lipinski definition) is 3. The van der Waals surface area contributed by atoms with Crippen LogP contribution in [0.25, 0.3) is 5.69 Å². The highest BCUT2D eigenvalue weighted by atomic mass is 16.5. The molecule has 0 amide bonds. The molecule has 0 N–H and O–H groups in total. The molecule has 4 heteroatoms. The molecule has 88 valence electrons. The molecule has 2 rings (SSSR count). The molecule has 0 aliphatic heterocycles. The first-order valence-electron chi connectivity index (χ1n) is 5.51. The van der Waals surface area contributed by atoms with Crippen LogP contribution in [0.4, 0.5) is 0 Å². The Morgan fingerprint density at radius 3 is 2.71 bits per heavy atom. The fraction of sp³-hybridized carbons (Fsp3) is 0.231. The second kappa shape index (κ2) is 4.82. The molecule has 0 atom stereocenters. The van der Waals surface area contributed by atoms with Crippen molar-refractivity contribution in [1.29, 1.82) is 0 Å². The van der Waals surface area contributed by atoms with E-state index < -0.39 is 0 Å². The normalized spacial score (nSPS) is 10.2. The van der Waals surface area contributed by atoms with Gasteiger partial charge in [-0.25, -0.2) is 9.48 Å². The highest BCUT2D eigenvalue weighted by molar-refractivity contribution is 5.88. The Kier molecular flexibility index (Phi) is 3.23. The lowest BCUT2D eigenvalue weighted by atomic mass is 10.3. The molecule has 1 aromatic carbocycles. The van der Waals surface area contributed by atoms with Crippen LogP contribution in [0.15, 0.2) is 36.5 Å². The number of para-hydroxylation sites is 1. The van der Waals surface area contributed by atoms with Gasteiger partial charge in [0.25, 0.3) is 0 Å². The van der Waals surface area contributed by atoms with Crippen LogP contribution in [0.2, 0.25) is 0 Å². The summed E-state index contributed by atoms with van der Waals surface area (Å²) < 4.78 is 6.63. The summed E-state index contributed by atoms with van der Waals surface area (Å²) >= 11 is 0. The number of nitrogens with zero attached hydrogens (tertiary/aromatic N) is 2. The van der Waals surface area contributed by atoms with Crippen LogP contribution in [0, 0.1) is 6.92 Å². The maximum absolute atomic E-state index is 11.6. The molecule has 17 heavy (non-hydrogen) atoms. The van der Waals surface area contributed by atoms with Crippen molar-refractivity contribution in [3.05, 3.63) is 47.8 Å². The van der Waals surface area contributed by atoms with Crippen molar-refractivity contribution in [3.63, 3.8) is 0 Å². The van der Waals surface area contributed by atoms with Crippen LogP contribution in [0.3, 0.4) is 0 Å². The summed E-state index contributed by atoms with van der Waals surface area (Å²) in [7, 11) is 0. The average Bonchev–Trinajstić information content (AvgIpc) is 2.73. The van der Waals surface area contributed by atoms with Crippen LogP contribution in [0.5, 0.6) is 0 Å². The number of aromatic nitrogens is 2. The Morgan fingerprint density at radius 2 is 2.06 bits per heavy atom. The van der Waals surface area contributed by atoms with Gasteiger partial charge in [-0.3, -0.25) is 0 Å². The summed E-state index contributed by atoms with van der Waals surface area (Å²) in [6.45, 7) is 3.98. The van der Waals surface area contributed by atoms with E-state index in [2.05, 4.69) is 5.10 Å². The van der Waals surface area contributed by atoms with Crippen LogP contribution >= 0.6 is 0 Å². The van der Waals surface area contributed by atoms with Crippen molar-refractivity contribution >= 4 is 5.97 Å². The minimum Gasteiger partial charge on any atom is -0.461 e. The van der Waals surface area contributed by atoms with Crippen LogP contribution in [-0.2, 0) is 4.74 Å². The Balaban J connectivity index is 2.34. The van der Waals surface area contributed by atoms with Gasteiger partial charge in [0.1, 0.15) is 0 Å². The van der Waals surface area contributed by atoms with Gasteiger partial charge >= 0.3 is 5.97 Å². The third-order valence-electron chi connectivity index (χ3n) is 2.39. The van der Waals surface area contributed by atoms with Gasteiger partial charge in [0.15, 0.2) is 5.69 Å². The first-order valence-corrected chi connectivity index (χ1v) is 5.51. The van der Waals surface area contributed by atoms with E-state index in [1.165, 1.54) is 0 Å². The largest absolute Gasteiger partial charge is 0.461 e. The molecule has 0 radical (unpaired) electrons. The Hall–Kier alpha value is -2.10. The maximum Gasteiger partial charge on any atom is 0.359 e. The number of ether oxygens (including phenoxy) is 1. The number of rotatable bonds is 3. The topological polar surface area (TPSA) is 44.1 Å². The van der Waals surface area contributed by atoms with Gasteiger partial charge in [-0.2, -0.15) is 5.10 Å². The highest BCUT2D eigenvalue weighted by Gasteiger charge is 2.15. The molecule has 0 spiro atoms. The van der Waals surface area contributed by atoms with E-state index in [1.54, 1.807) is 11.6 Å². The molecule has 0 bridgehead atoms. The van der Waals surface area contributed by atoms with Gasteiger partial charge in [0, 0.05) is 11.8 Å². The van der Waals surface area contributed by atoms with E-state index in [0.29, 0.717) is 12.3 Å². The summed E-state index contributed by atoms with van der Waals surface area (Å²) in [5.41, 5.74) is 2.11. The fourth-order valence-corrected chi connectivity index (χ4v) is 1.57. The lowest BCUT2D eigenvalue weighted by molar-refractivity contribution is 0.0518. The first kappa shape index (κ1) is 11.4. The van der Waals surface area contributed by atoms with Gasteiger partial charge in [0.2, 0.25) is 0 Å². The zero-order valence-corrected chi connectivity index (χ0v) is 9.88. The van der Waals surface area contributed by atoms with E-state index in [1.807, 2.05) is 43.5 Å². The van der Waals surface area contributed by atoms with Crippen LogP contribution < -0.4 is 0 Å². The molecule has 0 aliphatic rings. The summed E-state index contributed by atoms with van der Waals surface area (Å²) in [6, 6.07) is 9.65. The molecule has 0 unspecified atom stereocenters. The monoisotopic (exact) mass is 230 g/mol. The molecule has 4 nitrogen and oxygen atoms in total. The minimum atomic E-state index is -0.375. The van der Waals surface area contributed by atoms with Crippen molar-refractivity contribution in [2.75, 3.05) is 6.61 Å². The lowest BCUT2D eigenvalue weighted by Crippen LogP contribution is -2.07. The SMILES string of the molecule is CCOC(=O)c1nn(-c2ccccc2)cc1C. The third-order valence-corrected chi connectivity index (χ3v) is 2.39. The molecule has 0 fully saturated rings. The summed E-state index contributed by atoms with van der Waals surface area (Å²) in [4.78, 5) is 11.6. The molecule has 1 aromatic heterocycles. The smallest absolute Gasteiger partial charge is 0.359 e. The number of aryl methyl sites for hydroxylation is 1. The number of carbonyl (C=O) groups is 1. The van der Waals surface area contributed by atoms with Crippen LogP contribution in [-0.4, -0.2) is 22.4 Å². The van der Waals surface area contributed by atoms with E-state index >= 15 is 0 Å². The van der Waals surface area contributed by atoms with Gasteiger partial charge < -0.3 is 4.74 Å². The first-order chi connectivity index (χ1) is 8.22. The van der Waals surface area contributed by atoms with Gasteiger partial charge in [-0.05, 0) is 26.0 Å². The minimum absolute atomic E-state index is 0.358. The predicted molar refractivity (Wildman–Crippen MR) is 64.3 cm³/mol. The number of benzene rings is 1. The zero-order chi connectivity index (χ0) is 12.3. The van der Waals surface area contributed by atoms with Gasteiger partial charge in [0.05, 0.1) is 12.3 Å². The number of hydrogen-bond donors (Lipinski definition) is 0. The Morgan fingerprint density at radius 1 is 1.35 bits per heavy atom. The van der Waals surface area contributed by atoms with Crippen molar-refractivity contribution in [3.8, 4) is 5.69 Å². The number of esters is 1. The molecular weight excluding hydrogens is 216 g/mol. The Bertz CT molecular complexity index is 517. The van der Waals surface area contributed by atoms with E-state index in [0.717, 1.165) is 11.3 Å². The summed E-state index contributed by atoms with van der Waals surface area (Å²) in [6.07, 6.45) is 1.82. The molecule has 0 saturated carbocycles. The van der Waals surface area contributed by atoms with E-state index in [4.69, 9.17) is 4.74 Å². The molecule has 2 aromatic rings. The van der Waals surface area contributed by atoms with Crippen molar-refractivity contribution < 1.29 is 9.53 Å². The second-order valence-corrected chi connectivity index (χ2v) is 3.66. The van der Waals surface area contributed by atoms with Gasteiger partial charge in [-0.1, -0.05) is 18.2 Å². The highest BCUT2D eigenvalue weighted by Crippen LogP contribution is 2.12. The fourth-order valence-electron chi connectivity index (χ4n) is 1.57. The summed E-state index contributed by atoms with van der Waals surface area (Å²) in [5, 5.41) is 4.24. The van der Waals surface area contributed by atoms with E-state index in [-0.39, 0.29) is 5.97 Å². The quantitative estimate of drug-likeness (QED) is 0.760. The van der Waals surface area contributed by atoms with Crippen molar-refractivity contribution in [2.45, 2.75) is 13.8 Å². The number of carbonyl (C=O) groups excluding carboxylic acids is 1. The molecular formula is C13H14N2O2.